The molecule has 0 aromatic rings. The van der Waals surface area contributed by atoms with Gasteiger partial charge in [-0.05, 0) is 33.1 Å². The predicted molar refractivity (Wildman–Crippen MR) is 58.7 cm³/mol. The quantitative estimate of drug-likeness (QED) is 0.591. The van der Waals surface area contributed by atoms with E-state index in [0.717, 1.165) is 12.0 Å². The van der Waals surface area contributed by atoms with Crippen molar-refractivity contribution in [1.29, 1.82) is 0 Å². The van der Waals surface area contributed by atoms with Crippen LogP contribution in [0.1, 0.15) is 47.0 Å². The lowest BCUT2D eigenvalue weighted by Gasteiger charge is -2.49. The highest BCUT2D eigenvalue weighted by Crippen LogP contribution is 2.31. The first kappa shape index (κ1) is 11.0. The summed E-state index contributed by atoms with van der Waals surface area (Å²) in [7, 11) is 0. The Kier molecular flexibility index (Phi) is 3.78. The lowest BCUT2D eigenvalue weighted by molar-refractivity contribution is -0.956. The molecule has 0 saturated carbocycles. The number of rotatable bonds is 3. The van der Waals surface area contributed by atoms with Crippen LogP contribution in [0, 0.1) is 5.92 Å². The first-order valence-corrected chi connectivity index (χ1v) is 6.06. The van der Waals surface area contributed by atoms with Crippen molar-refractivity contribution in [3.63, 3.8) is 0 Å². The van der Waals surface area contributed by atoms with Crippen molar-refractivity contribution in [1.82, 2.24) is 0 Å². The summed E-state index contributed by atoms with van der Waals surface area (Å²) in [6, 6.07) is 0.934. The van der Waals surface area contributed by atoms with Gasteiger partial charge in [-0.1, -0.05) is 13.8 Å². The monoisotopic (exact) mass is 184 g/mol. The van der Waals surface area contributed by atoms with Gasteiger partial charge >= 0.3 is 0 Å². The van der Waals surface area contributed by atoms with Gasteiger partial charge in [0.1, 0.15) is 0 Å². The highest BCUT2D eigenvalue weighted by atomic mass is 15.4. The standard InChI is InChI=1S/C12H26N/c1-5-12-11(4)9-8-10-13(12,6-2)7-3/h11-12H,5-10H2,1-4H3/q+1. The molecule has 13 heavy (non-hydrogen) atoms. The van der Waals surface area contributed by atoms with Gasteiger partial charge in [0.2, 0.25) is 0 Å². The van der Waals surface area contributed by atoms with Gasteiger partial charge in [-0.3, -0.25) is 0 Å². The highest BCUT2D eigenvalue weighted by Gasteiger charge is 2.39. The van der Waals surface area contributed by atoms with Gasteiger partial charge < -0.3 is 4.48 Å². The second-order valence-electron chi connectivity index (χ2n) is 4.67. The van der Waals surface area contributed by atoms with Crippen molar-refractivity contribution in [3.8, 4) is 0 Å². The van der Waals surface area contributed by atoms with Crippen LogP contribution in [0.2, 0.25) is 0 Å². The first-order chi connectivity index (χ1) is 6.20. The molecular formula is C12H26N+. The number of quaternary nitrogens is 1. The van der Waals surface area contributed by atoms with Crippen LogP contribution < -0.4 is 0 Å². The average Bonchev–Trinajstić information content (AvgIpc) is 2.17. The van der Waals surface area contributed by atoms with Gasteiger partial charge in [0, 0.05) is 5.92 Å². The molecule has 0 N–H and O–H groups in total. The second-order valence-corrected chi connectivity index (χ2v) is 4.67. The Balaban J connectivity index is 2.78. The molecule has 1 rings (SSSR count). The van der Waals surface area contributed by atoms with Crippen LogP contribution in [0.15, 0.2) is 0 Å². The van der Waals surface area contributed by atoms with E-state index in [1.807, 2.05) is 0 Å². The minimum Gasteiger partial charge on any atom is -0.321 e. The molecule has 2 atom stereocenters. The molecule has 0 bridgehead atoms. The zero-order valence-electron chi connectivity index (χ0n) is 9.84. The number of nitrogens with zero attached hydrogens (tertiary/aromatic N) is 1. The minimum absolute atomic E-state index is 0.934. The van der Waals surface area contributed by atoms with E-state index in [2.05, 4.69) is 27.7 Å². The molecule has 0 radical (unpaired) electrons. The smallest absolute Gasteiger partial charge is 0.0913 e. The zero-order chi connectivity index (χ0) is 9.90. The predicted octanol–water partition coefficient (Wildman–Crippen LogP) is 3.05. The molecule has 78 valence electrons. The van der Waals surface area contributed by atoms with E-state index in [-0.39, 0.29) is 0 Å². The van der Waals surface area contributed by atoms with E-state index in [9.17, 15) is 0 Å². The minimum atomic E-state index is 0.934. The molecule has 0 spiro atoms. The molecule has 1 heterocycles. The summed E-state index contributed by atoms with van der Waals surface area (Å²) in [6.45, 7) is 13.6. The number of piperidine rings is 1. The van der Waals surface area contributed by atoms with Crippen LogP contribution in [-0.4, -0.2) is 30.2 Å². The molecule has 1 fully saturated rings. The van der Waals surface area contributed by atoms with Gasteiger partial charge in [0.15, 0.2) is 0 Å². The largest absolute Gasteiger partial charge is 0.321 e. The maximum absolute atomic E-state index is 2.45. The molecule has 0 aliphatic carbocycles. The Morgan fingerprint density at radius 1 is 1.15 bits per heavy atom. The lowest BCUT2D eigenvalue weighted by atomic mass is 9.86. The molecular weight excluding hydrogens is 158 g/mol. The van der Waals surface area contributed by atoms with Crippen molar-refractivity contribution in [2.45, 2.75) is 53.0 Å². The Morgan fingerprint density at radius 2 is 1.77 bits per heavy atom. The molecule has 2 unspecified atom stereocenters. The fraction of sp³-hybridized carbons (Fsp3) is 1.00. The third-order valence-corrected chi connectivity index (χ3v) is 4.30. The topological polar surface area (TPSA) is 0 Å². The van der Waals surface area contributed by atoms with E-state index in [1.54, 1.807) is 0 Å². The van der Waals surface area contributed by atoms with E-state index in [4.69, 9.17) is 0 Å². The summed E-state index contributed by atoms with van der Waals surface area (Å²) < 4.78 is 1.39. The van der Waals surface area contributed by atoms with Crippen LogP contribution in [0.25, 0.3) is 0 Å². The van der Waals surface area contributed by atoms with Crippen LogP contribution >= 0.6 is 0 Å². The third-order valence-electron chi connectivity index (χ3n) is 4.30. The second kappa shape index (κ2) is 4.45. The van der Waals surface area contributed by atoms with Gasteiger partial charge in [-0.25, -0.2) is 0 Å². The first-order valence-electron chi connectivity index (χ1n) is 6.06. The fourth-order valence-corrected chi connectivity index (χ4v) is 3.42. The van der Waals surface area contributed by atoms with Gasteiger partial charge in [-0.15, -0.1) is 0 Å². The molecule has 0 aromatic heterocycles. The summed E-state index contributed by atoms with van der Waals surface area (Å²) in [5, 5.41) is 0. The van der Waals surface area contributed by atoms with Crippen molar-refractivity contribution >= 4 is 0 Å². The average molecular weight is 184 g/mol. The third kappa shape index (κ3) is 1.90. The summed E-state index contributed by atoms with van der Waals surface area (Å²) in [5.74, 6) is 0.943. The van der Waals surface area contributed by atoms with Crippen LogP contribution in [0.4, 0.5) is 0 Å². The van der Waals surface area contributed by atoms with Crippen molar-refractivity contribution in [2.75, 3.05) is 19.6 Å². The molecule has 1 saturated heterocycles. The molecule has 1 heteroatoms. The fourth-order valence-electron chi connectivity index (χ4n) is 3.42. The van der Waals surface area contributed by atoms with Crippen molar-refractivity contribution in [2.24, 2.45) is 5.92 Å². The van der Waals surface area contributed by atoms with Crippen molar-refractivity contribution in [3.05, 3.63) is 0 Å². The summed E-state index contributed by atoms with van der Waals surface area (Å²) in [5.41, 5.74) is 0. The summed E-state index contributed by atoms with van der Waals surface area (Å²) >= 11 is 0. The van der Waals surface area contributed by atoms with Crippen LogP contribution in [0.3, 0.4) is 0 Å². The van der Waals surface area contributed by atoms with Gasteiger partial charge in [0.25, 0.3) is 0 Å². The summed E-state index contributed by atoms with van der Waals surface area (Å²) in [4.78, 5) is 0. The Hall–Kier alpha value is -0.0400. The molecule has 0 aromatic carbocycles. The Morgan fingerprint density at radius 3 is 2.15 bits per heavy atom. The normalized spacial score (nSPS) is 33.2. The van der Waals surface area contributed by atoms with Crippen LogP contribution in [-0.2, 0) is 0 Å². The molecule has 0 amide bonds. The summed E-state index contributed by atoms with van der Waals surface area (Å²) in [6.07, 6.45) is 4.26. The molecule has 1 aliphatic heterocycles. The maximum Gasteiger partial charge on any atom is 0.0913 e. The van der Waals surface area contributed by atoms with E-state index in [0.29, 0.717) is 0 Å². The molecule has 1 aliphatic rings. The van der Waals surface area contributed by atoms with E-state index in [1.165, 1.54) is 43.4 Å². The van der Waals surface area contributed by atoms with Crippen molar-refractivity contribution < 1.29 is 4.48 Å². The number of hydrogen-bond donors (Lipinski definition) is 0. The molecule has 1 nitrogen and oxygen atoms in total. The van der Waals surface area contributed by atoms with Crippen LogP contribution in [0.5, 0.6) is 0 Å². The van der Waals surface area contributed by atoms with Gasteiger partial charge in [0.05, 0.1) is 25.7 Å². The number of likely N-dealkylation sites (tertiary alicyclic amines) is 1. The maximum atomic E-state index is 2.45. The van der Waals surface area contributed by atoms with E-state index < -0.39 is 0 Å². The van der Waals surface area contributed by atoms with E-state index >= 15 is 0 Å². The lowest BCUT2D eigenvalue weighted by Crippen LogP contribution is -2.60. The Labute approximate surface area is 83.7 Å². The highest BCUT2D eigenvalue weighted by molar-refractivity contribution is 4.71. The van der Waals surface area contributed by atoms with Gasteiger partial charge in [-0.2, -0.15) is 0 Å². The zero-order valence-corrected chi connectivity index (χ0v) is 9.84. The number of hydrogen-bond acceptors (Lipinski definition) is 0. The SMILES string of the molecule is CCC1C(C)CCC[N+]1(CC)CC. The Bertz CT molecular complexity index is 149.